The number of nitrogens with zero attached hydrogens (tertiary/aromatic N) is 3. The van der Waals surface area contributed by atoms with Gasteiger partial charge >= 0.3 is 5.76 Å². The van der Waals surface area contributed by atoms with Gasteiger partial charge in [0.1, 0.15) is 12.4 Å². The molecule has 0 aliphatic carbocycles. The Hall–Kier alpha value is -3.49. The standard InChI is InChI=1S/C16H15N5O4/c1-10-8-12(9-18-20-10)15(22)17-6-7-24-13-4-2-11(3-5-13)14-19-16(23)25-21-14/h2-5,8-9H,6-7H2,1H3,(H,17,22)(H,19,21,23). The predicted octanol–water partition coefficient (Wildman–Crippen LogP) is 0.937. The van der Waals surface area contributed by atoms with Gasteiger partial charge in [-0.3, -0.25) is 14.3 Å². The molecule has 0 saturated heterocycles. The van der Waals surface area contributed by atoms with Crippen LogP contribution in [0, 0.1) is 6.92 Å². The molecule has 25 heavy (non-hydrogen) atoms. The van der Waals surface area contributed by atoms with E-state index in [1.165, 1.54) is 6.20 Å². The number of carbonyl (C=O) groups is 1. The van der Waals surface area contributed by atoms with Gasteiger partial charge in [0.05, 0.1) is 24.0 Å². The molecule has 2 heterocycles. The first kappa shape index (κ1) is 16.4. The highest BCUT2D eigenvalue weighted by Crippen LogP contribution is 2.18. The molecule has 9 nitrogen and oxygen atoms in total. The van der Waals surface area contributed by atoms with Gasteiger partial charge in [0.2, 0.25) is 0 Å². The van der Waals surface area contributed by atoms with E-state index in [9.17, 15) is 9.59 Å². The van der Waals surface area contributed by atoms with Crippen molar-refractivity contribution in [2.75, 3.05) is 13.2 Å². The third-order valence-corrected chi connectivity index (χ3v) is 3.26. The van der Waals surface area contributed by atoms with Crippen LogP contribution in [0.2, 0.25) is 0 Å². The minimum atomic E-state index is -0.606. The summed E-state index contributed by atoms with van der Waals surface area (Å²) in [7, 11) is 0. The normalized spacial score (nSPS) is 10.4. The van der Waals surface area contributed by atoms with Gasteiger partial charge in [0.25, 0.3) is 5.91 Å². The maximum absolute atomic E-state index is 11.9. The minimum absolute atomic E-state index is 0.230. The smallest absolute Gasteiger partial charge is 0.439 e. The molecule has 128 valence electrons. The second kappa shape index (κ2) is 7.39. The van der Waals surface area contributed by atoms with E-state index in [1.54, 1.807) is 37.3 Å². The first-order valence-corrected chi connectivity index (χ1v) is 7.48. The van der Waals surface area contributed by atoms with Crippen LogP contribution in [-0.2, 0) is 0 Å². The Morgan fingerprint density at radius 2 is 2.12 bits per heavy atom. The highest BCUT2D eigenvalue weighted by Gasteiger charge is 2.07. The molecule has 0 aliphatic heterocycles. The summed E-state index contributed by atoms with van der Waals surface area (Å²) < 4.78 is 10.0. The fraction of sp³-hybridized carbons (Fsp3) is 0.188. The second-order valence-electron chi connectivity index (χ2n) is 5.16. The summed E-state index contributed by atoms with van der Waals surface area (Å²) in [6, 6.07) is 8.62. The van der Waals surface area contributed by atoms with Crippen LogP contribution in [0.15, 0.2) is 45.8 Å². The highest BCUT2D eigenvalue weighted by atomic mass is 16.5. The van der Waals surface area contributed by atoms with Gasteiger partial charge in [-0.15, -0.1) is 0 Å². The molecular formula is C16H15N5O4. The Bertz CT molecular complexity index is 917. The third kappa shape index (κ3) is 4.28. The molecule has 9 heteroatoms. The van der Waals surface area contributed by atoms with E-state index in [-0.39, 0.29) is 5.91 Å². The third-order valence-electron chi connectivity index (χ3n) is 3.26. The van der Waals surface area contributed by atoms with Crippen LogP contribution in [0.1, 0.15) is 16.1 Å². The fourth-order valence-corrected chi connectivity index (χ4v) is 2.10. The van der Waals surface area contributed by atoms with Crippen LogP contribution in [0.3, 0.4) is 0 Å². The molecule has 0 saturated carbocycles. The Morgan fingerprint density at radius 3 is 2.80 bits per heavy atom. The Morgan fingerprint density at radius 1 is 1.32 bits per heavy atom. The number of benzene rings is 1. The van der Waals surface area contributed by atoms with Gasteiger partial charge in [-0.05, 0) is 37.3 Å². The second-order valence-corrected chi connectivity index (χ2v) is 5.16. The zero-order chi connectivity index (χ0) is 17.6. The van der Waals surface area contributed by atoms with E-state index >= 15 is 0 Å². The molecule has 2 N–H and O–H groups in total. The van der Waals surface area contributed by atoms with Gasteiger partial charge in [-0.2, -0.15) is 10.2 Å². The number of aromatic amines is 1. The van der Waals surface area contributed by atoms with Gasteiger partial charge in [0, 0.05) is 5.56 Å². The number of rotatable bonds is 6. The molecule has 0 fully saturated rings. The van der Waals surface area contributed by atoms with Crippen molar-refractivity contribution >= 4 is 5.91 Å². The lowest BCUT2D eigenvalue weighted by Gasteiger charge is -2.08. The highest BCUT2D eigenvalue weighted by molar-refractivity contribution is 5.93. The van der Waals surface area contributed by atoms with Crippen molar-refractivity contribution in [3.8, 4) is 17.1 Å². The molecule has 0 atom stereocenters. The molecule has 0 aliphatic rings. The van der Waals surface area contributed by atoms with E-state index in [2.05, 4.69) is 30.2 Å². The maximum Gasteiger partial charge on any atom is 0.439 e. The van der Waals surface area contributed by atoms with Gasteiger partial charge < -0.3 is 10.1 Å². The predicted molar refractivity (Wildman–Crippen MR) is 87.2 cm³/mol. The van der Waals surface area contributed by atoms with E-state index < -0.39 is 5.76 Å². The van der Waals surface area contributed by atoms with Crippen molar-refractivity contribution in [3.63, 3.8) is 0 Å². The molecule has 0 spiro atoms. The molecule has 0 bridgehead atoms. The molecule has 3 rings (SSSR count). The van der Waals surface area contributed by atoms with Gasteiger partial charge in [0.15, 0.2) is 5.82 Å². The quantitative estimate of drug-likeness (QED) is 0.639. The summed E-state index contributed by atoms with van der Waals surface area (Å²) in [4.78, 5) is 25.3. The molecule has 0 radical (unpaired) electrons. The average Bonchev–Trinajstić information content (AvgIpc) is 3.05. The number of aromatic nitrogens is 4. The largest absolute Gasteiger partial charge is 0.492 e. The van der Waals surface area contributed by atoms with E-state index in [4.69, 9.17) is 4.74 Å². The van der Waals surface area contributed by atoms with Crippen LogP contribution in [0.4, 0.5) is 0 Å². The van der Waals surface area contributed by atoms with E-state index in [0.717, 1.165) is 0 Å². The van der Waals surface area contributed by atoms with Crippen LogP contribution >= 0.6 is 0 Å². The number of hydrogen-bond acceptors (Lipinski definition) is 7. The topological polar surface area (TPSA) is 123 Å². The lowest BCUT2D eigenvalue weighted by Crippen LogP contribution is -2.28. The minimum Gasteiger partial charge on any atom is -0.492 e. The summed E-state index contributed by atoms with van der Waals surface area (Å²) in [5, 5.41) is 13.9. The van der Waals surface area contributed by atoms with Crippen LogP contribution in [0.5, 0.6) is 5.75 Å². The zero-order valence-electron chi connectivity index (χ0n) is 13.4. The van der Waals surface area contributed by atoms with Crippen LogP contribution < -0.4 is 15.8 Å². The lowest BCUT2D eigenvalue weighted by atomic mass is 10.2. The average molecular weight is 341 g/mol. The Balaban J connectivity index is 1.47. The first-order chi connectivity index (χ1) is 12.1. The van der Waals surface area contributed by atoms with Crippen molar-refractivity contribution in [2.24, 2.45) is 0 Å². The first-order valence-electron chi connectivity index (χ1n) is 7.48. The summed E-state index contributed by atoms with van der Waals surface area (Å²) in [5.41, 5.74) is 1.84. The number of amides is 1. The molecule has 0 unspecified atom stereocenters. The van der Waals surface area contributed by atoms with Crippen molar-refractivity contribution < 1.29 is 14.1 Å². The molecule has 2 aromatic heterocycles. The zero-order valence-corrected chi connectivity index (χ0v) is 13.4. The van der Waals surface area contributed by atoms with E-state index in [0.29, 0.717) is 41.5 Å². The summed E-state index contributed by atoms with van der Waals surface area (Å²) >= 11 is 0. The summed E-state index contributed by atoms with van der Waals surface area (Å²) in [6.45, 7) is 2.42. The van der Waals surface area contributed by atoms with Crippen molar-refractivity contribution in [2.45, 2.75) is 6.92 Å². The lowest BCUT2D eigenvalue weighted by molar-refractivity contribution is 0.0946. The molecule has 1 amide bonds. The maximum atomic E-state index is 11.9. The monoisotopic (exact) mass is 341 g/mol. The number of hydrogen-bond donors (Lipinski definition) is 2. The van der Waals surface area contributed by atoms with Crippen molar-refractivity contribution in [3.05, 3.63) is 58.3 Å². The number of nitrogens with one attached hydrogen (secondary N) is 2. The van der Waals surface area contributed by atoms with E-state index in [1.807, 2.05) is 0 Å². The summed E-state index contributed by atoms with van der Waals surface area (Å²) in [6.07, 6.45) is 1.41. The van der Waals surface area contributed by atoms with Crippen molar-refractivity contribution in [1.29, 1.82) is 0 Å². The van der Waals surface area contributed by atoms with Crippen LogP contribution in [0.25, 0.3) is 11.4 Å². The molecule has 3 aromatic rings. The SMILES string of the molecule is Cc1cc(C(=O)NCCOc2ccc(-c3noc(=O)[nH]3)cc2)cnn1. The number of H-pyrrole nitrogens is 1. The Kier molecular flexibility index (Phi) is 4.84. The number of ether oxygens (including phenoxy) is 1. The number of carbonyl (C=O) groups excluding carboxylic acids is 1. The Labute approximate surface area is 142 Å². The number of aryl methyl sites for hydroxylation is 1. The van der Waals surface area contributed by atoms with Crippen molar-refractivity contribution in [1.82, 2.24) is 25.7 Å². The molecule has 1 aromatic carbocycles. The molecular weight excluding hydrogens is 326 g/mol. The van der Waals surface area contributed by atoms with Gasteiger partial charge in [-0.25, -0.2) is 4.79 Å². The van der Waals surface area contributed by atoms with Crippen LogP contribution in [-0.4, -0.2) is 39.4 Å². The summed E-state index contributed by atoms with van der Waals surface area (Å²) in [5.74, 6) is 0.146. The fourth-order valence-electron chi connectivity index (χ4n) is 2.10. The van der Waals surface area contributed by atoms with Gasteiger partial charge in [-0.1, -0.05) is 5.16 Å².